The maximum Gasteiger partial charge on any atom is 0.185 e. The van der Waals surface area contributed by atoms with Crippen molar-refractivity contribution in [3.63, 3.8) is 0 Å². The van der Waals surface area contributed by atoms with Crippen molar-refractivity contribution in [2.45, 2.75) is 18.9 Å². The van der Waals surface area contributed by atoms with Gasteiger partial charge in [0.25, 0.3) is 0 Å². The van der Waals surface area contributed by atoms with E-state index in [4.69, 9.17) is 16.3 Å². The van der Waals surface area contributed by atoms with Crippen molar-refractivity contribution in [1.82, 2.24) is 19.9 Å². The Kier molecular flexibility index (Phi) is 6.39. The van der Waals surface area contributed by atoms with Crippen LogP contribution in [0.4, 0.5) is 21.0 Å². The second-order valence-electron chi connectivity index (χ2n) is 6.90. The van der Waals surface area contributed by atoms with Gasteiger partial charge in [-0.15, -0.1) is 0 Å². The molecule has 4 rings (SSSR count). The number of ether oxygens (including phenoxy) is 1. The van der Waals surface area contributed by atoms with Crippen molar-refractivity contribution in [2.24, 2.45) is 0 Å². The summed E-state index contributed by atoms with van der Waals surface area (Å²) in [7, 11) is 1.73. The number of likely N-dealkylation sites (tertiary alicyclic amines) is 1. The molecule has 0 unspecified atom stereocenters. The third kappa shape index (κ3) is 4.92. The van der Waals surface area contributed by atoms with E-state index in [2.05, 4.69) is 30.5 Å². The summed E-state index contributed by atoms with van der Waals surface area (Å²) in [6.07, 6.45) is 3.59. The Balaban J connectivity index is 1.44. The SMILES string of the molecule is COCCN1CCC(Nc2nc3ncnc(Nc4ccc(F)c(Cl)c4)c3s2)CC1. The van der Waals surface area contributed by atoms with Crippen LogP contribution in [0.2, 0.25) is 5.02 Å². The summed E-state index contributed by atoms with van der Waals surface area (Å²) in [6, 6.07) is 4.85. The van der Waals surface area contributed by atoms with Crippen LogP contribution in [0.1, 0.15) is 12.8 Å². The molecule has 0 saturated carbocycles. The second kappa shape index (κ2) is 9.17. The van der Waals surface area contributed by atoms with Gasteiger partial charge in [0.2, 0.25) is 0 Å². The summed E-state index contributed by atoms with van der Waals surface area (Å²) in [5, 5.41) is 7.61. The number of benzene rings is 1. The number of hydrogen-bond donors (Lipinski definition) is 2. The minimum Gasteiger partial charge on any atom is -0.383 e. The number of rotatable bonds is 7. The lowest BCUT2D eigenvalue weighted by molar-refractivity contribution is 0.132. The van der Waals surface area contributed by atoms with Gasteiger partial charge in [0.15, 0.2) is 16.6 Å². The fourth-order valence-electron chi connectivity index (χ4n) is 3.31. The van der Waals surface area contributed by atoms with Gasteiger partial charge in [-0.3, -0.25) is 0 Å². The van der Waals surface area contributed by atoms with Crippen LogP contribution in [0, 0.1) is 5.82 Å². The van der Waals surface area contributed by atoms with Gasteiger partial charge in [0.1, 0.15) is 16.8 Å². The summed E-state index contributed by atoms with van der Waals surface area (Å²) >= 11 is 7.38. The number of nitrogens with zero attached hydrogens (tertiary/aromatic N) is 4. The van der Waals surface area contributed by atoms with Crippen LogP contribution in [0.5, 0.6) is 0 Å². The lowest BCUT2D eigenvalue weighted by atomic mass is 10.1. The quantitative estimate of drug-likeness (QED) is 0.576. The molecule has 3 aromatic rings. The molecule has 1 aromatic carbocycles. The Bertz CT molecular complexity index is 978. The van der Waals surface area contributed by atoms with Crippen LogP contribution in [-0.2, 0) is 4.74 Å². The molecule has 2 aromatic heterocycles. The number of methoxy groups -OCH3 is 1. The minimum absolute atomic E-state index is 0.0591. The molecule has 1 aliphatic heterocycles. The number of thiazole rings is 1. The zero-order chi connectivity index (χ0) is 20.2. The highest BCUT2D eigenvalue weighted by Gasteiger charge is 2.20. The number of hydrogen-bond acceptors (Lipinski definition) is 8. The first-order chi connectivity index (χ1) is 14.1. The van der Waals surface area contributed by atoms with Crippen LogP contribution in [-0.4, -0.2) is 59.2 Å². The fraction of sp³-hybridized carbons (Fsp3) is 0.421. The highest BCUT2D eigenvalue weighted by Crippen LogP contribution is 2.32. The third-order valence-corrected chi connectivity index (χ3v) is 6.17. The Morgan fingerprint density at radius 1 is 1.31 bits per heavy atom. The molecule has 0 atom stereocenters. The average Bonchev–Trinajstić information content (AvgIpc) is 3.14. The molecule has 3 heterocycles. The molecule has 7 nitrogen and oxygen atoms in total. The van der Waals surface area contributed by atoms with Gasteiger partial charge in [-0.1, -0.05) is 22.9 Å². The monoisotopic (exact) mass is 436 g/mol. The summed E-state index contributed by atoms with van der Waals surface area (Å²) in [5.74, 6) is 0.167. The maximum atomic E-state index is 13.4. The molecule has 29 heavy (non-hydrogen) atoms. The Morgan fingerprint density at radius 2 is 2.14 bits per heavy atom. The first-order valence-corrected chi connectivity index (χ1v) is 10.6. The first kappa shape index (κ1) is 20.2. The highest BCUT2D eigenvalue weighted by molar-refractivity contribution is 7.22. The van der Waals surface area contributed by atoms with Gasteiger partial charge in [0.05, 0.1) is 11.6 Å². The first-order valence-electron chi connectivity index (χ1n) is 9.44. The third-order valence-electron chi connectivity index (χ3n) is 4.90. The second-order valence-corrected chi connectivity index (χ2v) is 8.31. The van der Waals surface area contributed by atoms with Gasteiger partial charge in [-0.25, -0.2) is 14.4 Å². The Hall–Kier alpha value is -2.07. The smallest absolute Gasteiger partial charge is 0.185 e. The summed E-state index contributed by atoms with van der Waals surface area (Å²) in [5.41, 5.74) is 1.28. The van der Waals surface area contributed by atoms with Gasteiger partial charge in [-0.05, 0) is 31.0 Å². The van der Waals surface area contributed by atoms with E-state index in [0.717, 1.165) is 48.9 Å². The van der Waals surface area contributed by atoms with Crippen molar-refractivity contribution in [3.05, 3.63) is 35.4 Å². The molecule has 1 aliphatic rings. The lowest BCUT2D eigenvalue weighted by Gasteiger charge is -2.31. The number of aromatic nitrogens is 3. The van der Waals surface area contributed by atoms with Crippen LogP contribution >= 0.6 is 22.9 Å². The van der Waals surface area contributed by atoms with Crippen LogP contribution in [0.25, 0.3) is 10.3 Å². The van der Waals surface area contributed by atoms with Crippen LogP contribution in [0.15, 0.2) is 24.5 Å². The summed E-state index contributed by atoms with van der Waals surface area (Å²) in [6.45, 7) is 3.83. The number of fused-ring (bicyclic) bond motifs is 1. The number of halogens is 2. The Morgan fingerprint density at radius 3 is 2.90 bits per heavy atom. The predicted molar refractivity (Wildman–Crippen MR) is 115 cm³/mol. The summed E-state index contributed by atoms with van der Waals surface area (Å²) in [4.78, 5) is 15.6. The molecule has 154 valence electrons. The molecule has 1 saturated heterocycles. The molecular formula is C19H22ClFN6OS. The molecular weight excluding hydrogens is 415 g/mol. The van der Waals surface area contributed by atoms with Gasteiger partial charge < -0.3 is 20.3 Å². The van der Waals surface area contributed by atoms with E-state index in [1.165, 1.54) is 29.8 Å². The van der Waals surface area contributed by atoms with Crippen molar-refractivity contribution >= 4 is 49.9 Å². The standard InChI is InChI=1S/C19H22ClFN6OS/c1-28-9-8-27-6-4-12(5-7-27)25-19-26-18-16(29-19)17(22-11-23-18)24-13-2-3-15(21)14(20)10-13/h2-3,10-12H,4-9H2,1H3,(H2,22,23,24,25,26). The fourth-order valence-corrected chi connectivity index (χ4v) is 4.43. The molecule has 0 radical (unpaired) electrons. The molecule has 10 heteroatoms. The molecule has 2 N–H and O–H groups in total. The van der Waals surface area contributed by atoms with E-state index >= 15 is 0 Å². The van der Waals surface area contributed by atoms with Crippen LogP contribution in [0.3, 0.4) is 0 Å². The van der Waals surface area contributed by atoms with Crippen LogP contribution < -0.4 is 10.6 Å². The van der Waals surface area contributed by atoms with Crippen molar-refractivity contribution in [1.29, 1.82) is 0 Å². The van der Waals surface area contributed by atoms with E-state index in [1.807, 2.05) is 0 Å². The minimum atomic E-state index is -0.456. The molecule has 0 amide bonds. The van der Waals surface area contributed by atoms with E-state index in [1.54, 1.807) is 13.2 Å². The van der Waals surface area contributed by atoms with Gasteiger partial charge in [0, 0.05) is 38.5 Å². The predicted octanol–water partition coefficient (Wildman–Crippen LogP) is 4.15. The number of piperidine rings is 1. The number of nitrogens with one attached hydrogen (secondary N) is 2. The zero-order valence-electron chi connectivity index (χ0n) is 16.0. The van der Waals surface area contributed by atoms with E-state index in [9.17, 15) is 4.39 Å². The molecule has 0 bridgehead atoms. The summed E-state index contributed by atoms with van der Waals surface area (Å²) < 4.78 is 19.4. The highest BCUT2D eigenvalue weighted by atomic mass is 35.5. The molecule has 0 aliphatic carbocycles. The maximum absolute atomic E-state index is 13.4. The largest absolute Gasteiger partial charge is 0.383 e. The molecule has 0 spiro atoms. The average molecular weight is 437 g/mol. The van der Waals surface area contributed by atoms with Crippen molar-refractivity contribution < 1.29 is 9.13 Å². The topological polar surface area (TPSA) is 75.2 Å². The lowest BCUT2D eigenvalue weighted by Crippen LogP contribution is -2.40. The molecule has 1 fully saturated rings. The van der Waals surface area contributed by atoms with Crippen molar-refractivity contribution in [3.8, 4) is 0 Å². The Labute approximate surface area is 177 Å². The normalized spacial score (nSPS) is 15.7. The van der Waals surface area contributed by atoms with Gasteiger partial charge >= 0.3 is 0 Å². The number of anilines is 3. The van der Waals surface area contributed by atoms with E-state index < -0.39 is 5.82 Å². The van der Waals surface area contributed by atoms with E-state index in [0.29, 0.717) is 23.2 Å². The van der Waals surface area contributed by atoms with Crippen molar-refractivity contribution in [2.75, 3.05) is 44.0 Å². The van der Waals surface area contributed by atoms with Gasteiger partial charge in [-0.2, -0.15) is 4.98 Å². The van der Waals surface area contributed by atoms with E-state index in [-0.39, 0.29) is 5.02 Å². The zero-order valence-corrected chi connectivity index (χ0v) is 17.6.